The summed E-state index contributed by atoms with van der Waals surface area (Å²) < 4.78 is 0. The van der Waals surface area contributed by atoms with Gasteiger partial charge in [0, 0.05) is 38.5 Å². The first-order valence-electron chi connectivity index (χ1n) is 5.07. The van der Waals surface area contributed by atoms with E-state index in [1.54, 1.807) is 11.8 Å². The number of hydrogen-bond donors (Lipinski definition) is 2. The lowest BCUT2D eigenvalue weighted by atomic mass is 10.3. The Balaban J connectivity index is 2.30. The Morgan fingerprint density at radius 1 is 1.57 bits per heavy atom. The number of piperazine rings is 1. The van der Waals surface area contributed by atoms with Crippen LogP contribution >= 0.6 is 11.8 Å². The summed E-state index contributed by atoms with van der Waals surface area (Å²) in [5.41, 5.74) is 5.40. The molecule has 0 aliphatic carbocycles. The SMILES string of the molecule is CC(SCCN)C(=O)N1CCNCC1. The van der Waals surface area contributed by atoms with Crippen molar-refractivity contribution in [3.8, 4) is 0 Å². The van der Waals surface area contributed by atoms with Gasteiger partial charge in [0.2, 0.25) is 5.91 Å². The van der Waals surface area contributed by atoms with Crippen molar-refractivity contribution >= 4 is 17.7 Å². The van der Waals surface area contributed by atoms with Crippen LogP contribution in [0.5, 0.6) is 0 Å². The van der Waals surface area contributed by atoms with Gasteiger partial charge < -0.3 is 16.0 Å². The van der Waals surface area contributed by atoms with Crippen molar-refractivity contribution < 1.29 is 4.79 Å². The molecule has 1 fully saturated rings. The van der Waals surface area contributed by atoms with Crippen LogP contribution in [0.1, 0.15) is 6.92 Å². The van der Waals surface area contributed by atoms with E-state index in [9.17, 15) is 4.79 Å². The minimum absolute atomic E-state index is 0.0525. The third-order valence-corrected chi connectivity index (χ3v) is 3.44. The summed E-state index contributed by atoms with van der Waals surface area (Å²) in [5.74, 6) is 1.11. The van der Waals surface area contributed by atoms with E-state index in [1.165, 1.54) is 0 Å². The summed E-state index contributed by atoms with van der Waals surface area (Å²) in [5, 5.41) is 3.28. The molecule has 3 N–H and O–H groups in total. The smallest absolute Gasteiger partial charge is 0.235 e. The number of rotatable bonds is 4. The highest BCUT2D eigenvalue weighted by Crippen LogP contribution is 2.12. The molecule has 0 radical (unpaired) electrons. The van der Waals surface area contributed by atoms with Gasteiger partial charge in [0.15, 0.2) is 0 Å². The first kappa shape index (κ1) is 11.8. The predicted molar refractivity (Wildman–Crippen MR) is 60.4 cm³/mol. The van der Waals surface area contributed by atoms with Crippen molar-refractivity contribution in [2.24, 2.45) is 5.73 Å². The Hall–Kier alpha value is -0.260. The molecule has 1 amide bonds. The maximum Gasteiger partial charge on any atom is 0.235 e. The molecule has 0 bridgehead atoms. The van der Waals surface area contributed by atoms with Gasteiger partial charge in [-0.2, -0.15) is 0 Å². The first-order valence-corrected chi connectivity index (χ1v) is 6.11. The molecule has 4 nitrogen and oxygen atoms in total. The number of nitrogens with zero attached hydrogens (tertiary/aromatic N) is 1. The molecule has 1 aliphatic heterocycles. The fraction of sp³-hybridized carbons (Fsp3) is 0.889. The maximum absolute atomic E-state index is 11.8. The van der Waals surface area contributed by atoms with Crippen LogP contribution in [0.3, 0.4) is 0 Å². The van der Waals surface area contributed by atoms with E-state index in [2.05, 4.69) is 5.32 Å². The van der Waals surface area contributed by atoms with Gasteiger partial charge in [-0.05, 0) is 6.92 Å². The minimum atomic E-state index is 0.0525. The van der Waals surface area contributed by atoms with Crippen molar-refractivity contribution in [3.05, 3.63) is 0 Å². The summed E-state index contributed by atoms with van der Waals surface area (Å²) in [6, 6.07) is 0. The largest absolute Gasteiger partial charge is 0.339 e. The lowest BCUT2D eigenvalue weighted by Gasteiger charge is -2.29. The van der Waals surface area contributed by atoms with Crippen LogP contribution in [0, 0.1) is 0 Å². The number of carbonyl (C=O) groups excluding carboxylic acids is 1. The van der Waals surface area contributed by atoms with Crippen molar-refractivity contribution in [2.75, 3.05) is 38.5 Å². The zero-order chi connectivity index (χ0) is 10.4. The molecule has 5 heteroatoms. The molecule has 14 heavy (non-hydrogen) atoms. The number of thioether (sulfide) groups is 1. The fourth-order valence-corrected chi connectivity index (χ4v) is 2.24. The quantitative estimate of drug-likeness (QED) is 0.666. The summed E-state index contributed by atoms with van der Waals surface area (Å²) in [6.45, 7) is 6.12. The molecule has 0 saturated carbocycles. The van der Waals surface area contributed by atoms with Crippen molar-refractivity contribution in [1.82, 2.24) is 10.2 Å². The second-order valence-electron chi connectivity index (χ2n) is 3.38. The molecule has 0 aromatic heterocycles. The fourth-order valence-electron chi connectivity index (χ4n) is 1.46. The van der Waals surface area contributed by atoms with E-state index in [0.717, 1.165) is 31.9 Å². The lowest BCUT2D eigenvalue weighted by Crippen LogP contribution is -2.48. The lowest BCUT2D eigenvalue weighted by molar-refractivity contribution is -0.130. The number of hydrogen-bond acceptors (Lipinski definition) is 4. The van der Waals surface area contributed by atoms with E-state index in [0.29, 0.717) is 6.54 Å². The van der Waals surface area contributed by atoms with Crippen LogP contribution in [0.4, 0.5) is 0 Å². The highest BCUT2D eigenvalue weighted by molar-refractivity contribution is 8.00. The van der Waals surface area contributed by atoms with Gasteiger partial charge in [-0.25, -0.2) is 0 Å². The summed E-state index contributed by atoms with van der Waals surface area (Å²) >= 11 is 1.64. The van der Waals surface area contributed by atoms with Crippen LogP contribution in [0.15, 0.2) is 0 Å². The van der Waals surface area contributed by atoms with Gasteiger partial charge in [-0.1, -0.05) is 0 Å². The highest BCUT2D eigenvalue weighted by Gasteiger charge is 2.21. The zero-order valence-electron chi connectivity index (χ0n) is 8.66. The van der Waals surface area contributed by atoms with Crippen LogP contribution < -0.4 is 11.1 Å². The number of amides is 1. The van der Waals surface area contributed by atoms with Crippen LogP contribution in [-0.2, 0) is 4.79 Å². The van der Waals surface area contributed by atoms with Crippen molar-refractivity contribution in [1.29, 1.82) is 0 Å². The van der Waals surface area contributed by atoms with Gasteiger partial charge in [0.25, 0.3) is 0 Å². The standard InChI is InChI=1S/C9H19N3OS/c1-8(14-7-2-10)9(13)12-5-3-11-4-6-12/h8,11H,2-7,10H2,1H3. The van der Waals surface area contributed by atoms with Crippen LogP contribution in [0.2, 0.25) is 0 Å². The molecule has 0 aromatic rings. The van der Waals surface area contributed by atoms with Gasteiger partial charge in [0.1, 0.15) is 0 Å². The van der Waals surface area contributed by atoms with Crippen LogP contribution in [0.25, 0.3) is 0 Å². The summed E-state index contributed by atoms with van der Waals surface area (Å²) in [7, 11) is 0. The molecule has 1 aliphatic rings. The van der Waals surface area contributed by atoms with Crippen LogP contribution in [-0.4, -0.2) is 54.5 Å². The Kier molecular flexibility index (Phi) is 5.29. The van der Waals surface area contributed by atoms with Gasteiger partial charge in [-0.3, -0.25) is 4.79 Å². The number of nitrogens with two attached hydrogens (primary N) is 1. The molecule has 0 aromatic carbocycles. The number of carbonyl (C=O) groups is 1. The Bertz CT molecular complexity index is 183. The minimum Gasteiger partial charge on any atom is -0.339 e. The summed E-state index contributed by atoms with van der Waals surface area (Å²) in [6.07, 6.45) is 0. The molecule has 1 saturated heterocycles. The number of nitrogens with one attached hydrogen (secondary N) is 1. The van der Waals surface area contributed by atoms with E-state index in [4.69, 9.17) is 5.73 Å². The molecular formula is C9H19N3OS. The maximum atomic E-state index is 11.8. The van der Waals surface area contributed by atoms with Gasteiger partial charge in [-0.15, -0.1) is 11.8 Å². The third-order valence-electron chi connectivity index (χ3n) is 2.26. The molecule has 1 rings (SSSR count). The van der Waals surface area contributed by atoms with Gasteiger partial charge >= 0.3 is 0 Å². The topological polar surface area (TPSA) is 58.4 Å². The van der Waals surface area contributed by atoms with E-state index in [-0.39, 0.29) is 11.2 Å². The average Bonchev–Trinajstić information content (AvgIpc) is 2.26. The monoisotopic (exact) mass is 217 g/mol. The average molecular weight is 217 g/mol. The third kappa shape index (κ3) is 3.48. The van der Waals surface area contributed by atoms with Crippen molar-refractivity contribution in [3.63, 3.8) is 0 Å². The van der Waals surface area contributed by atoms with E-state index >= 15 is 0 Å². The Morgan fingerprint density at radius 2 is 2.21 bits per heavy atom. The van der Waals surface area contributed by atoms with Crippen molar-refractivity contribution in [2.45, 2.75) is 12.2 Å². The second-order valence-corrected chi connectivity index (χ2v) is 4.83. The normalized spacial score (nSPS) is 19.4. The van der Waals surface area contributed by atoms with Gasteiger partial charge in [0.05, 0.1) is 5.25 Å². The predicted octanol–water partition coefficient (Wildman–Crippen LogP) is -0.501. The second kappa shape index (κ2) is 6.27. The highest BCUT2D eigenvalue weighted by atomic mass is 32.2. The molecular weight excluding hydrogens is 198 g/mol. The van der Waals surface area contributed by atoms with E-state index < -0.39 is 0 Å². The van der Waals surface area contributed by atoms with E-state index in [1.807, 2.05) is 11.8 Å². The molecule has 0 spiro atoms. The Morgan fingerprint density at radius 3 is 2.79 bits per heavy atom. The Labute approximate surface area is 89.6 Å². The first-order chi connectivity index (χ1) is 6.75. The summed E-state index contributed by atoms with van der Waals surface area (Å²) in [4.78, 5) is 13.8. The molecule has 82 valence electrons. The zero-order valence-corrected chi connectivity index (χ0v) is 9.48. The molecule has 1 atom stereocenters. The molecule has 1 heterocycles. The molecule has 1 unspecified atom stereocenters.